The Hall–Kier alpha value is -1.49. The van der Waals surface area contributed by atoms with Crippen LogP contribution in [0.5, 0.6) is 0 Å². The minimum atomic E-state index is -0.908. The Morgan fingerprint density at radius 3 is 2.38 bits per heavy atom. The van der Waals surface area contributed by atoms with Crippen molar-refractivity contribution in [2.45, 2.75) is 46.5 Å². The van der Waals surface area contributed by atoms with Gasteiger partial charge in [0.2, 0.25) is 5.91 Å². The Morgan fingerprint density at radius 2 is 1.90 bits per heavy atom. The highest BCUT2D eigenvalue weighted by Gasteiger charge is 2.40. The zero-order chi connectivity index (χ0) is 16.0. The van der Waals surface area contributed by atoms with E-state index in [1.54, 1.807) is 12.1 Å². The highest BCUT2D eigenvalue weighted by Crippen LogP contribution is 2.32. The highest BCUT2D eigenvalue weighted by molar-refractivity contribution is 7.80. The maximum absolute atomic E-state index is 13.8. The third-order valence-corrected chi connectivity index (χ3v) is 4.02. The summed E-state index contributed by atoms with van der Waals surface area (Å²) < 4.78 is 13.8. The molecule has 0 fully saturated rings. The fraction of sp³-hybridized carbons (Fsp3) is 0.500. The fourth-order valence-corrected chi connectivity index (χ4v) is 2.84. The average molecular weight is 310 g/mol. The molecule has 0 aromatic heterocycles. The van der Waals surface area contributed by atoms with Crippen LogP contribution >= 0.6 is 12.2 Å². The largest absolute Gasteiger partial charge is 0.392 e. The topological polar surface area (TPSA) is 55.1 Å². The molecule has 0 bridgehead atoms. The molecule has 0 radical (unpaired) electrons. The molecule has 1 aromatic rings. The maximum Gasteiger partial charge on any atom is 0.237 e. The van der Waals surface area contributed by atoms with Crippen LogP contribution in [0.25, 0.3) is 0 Å². The SMILES string of the molecule is CCCC(CCC)(C(=O)Nc1cc(C)ccc1F)C(N)=S. The molecule has 0 unspecified atom stereocenters. The molecule has 0 aliphatic rings. The Bertz CT molecular complexity index is 525. The van der Waals surface area contributed by atoms with Crippen molar-refractivity contribution >= 4 is 28.8 Å². The number of benzene rings is 1. The Morgan fingerprint density at radius 1 is 1.33 bits per heavy atom. The van der Waals surface area contributed by atoms with Crippen LogP contribution in [-0.4, -0.2) is 10.9 Å². The number of nitrogens with two attached hydrogens (primary N) is 1. The number of rotatable bonds is 7. The van der Waals surface area contributed by atoms with Crippen molar-refractivity contribution in [2.75, 3.05) is 5.32 Å². The summed E-state index contributed by atoms with van der Waals surface area (Å²) in [5, 5.41) is 2.66. The van der Waals surface area contributed by atoms with Gasteiger partial charge in [-0.3, -0.25) is 4.79 Å². The van der Waals surface area contributed by atoms with Gasteiger partial charge >= 0.3 is 0 Å². The van der Waals surface area contributed by atoms with Gasteiger partial charge in [-0.05, 0) is 37.5 Å². The van der Waals surface area contributed by atoms with Gasteiger partial charge in [-0.25, -0.2) is 4.39 Å². The van der Waals surface area contributed by atoms with E-state index in [1.807, 2.05) is 20.8 Å². The zero-order valence-corrected chi connectivity index (χ0v) is 13.6. The monoisotopic (exact) mass is 310 g/mol. The predicted molar refractivity (Wildman–Crippen MR) is 88.8 cm³/mol. The van der Waals surface area contributed by atoms with Crippen LogP contribution in [0.3, 0.4) is 0 Å². The van der Waals surface area contributed by atoms with Gasteiger partial charge in [0.1, 0.15) is 5.82 Å². The molecule has 0 heterocycles. The third-order valence-electron chi connectivity index (χ3n) is 3.63. The van der Waals surface area contributed by atoms with Crippen LogP contribution in [0.15, 0.2) is 18.2 Å². The van der Waals surface area contributed by atoms with Gasteiger partial charge in [0, 0.05) is 0 Å². The summed E-state index contributed by atoms with van der Waals surface area (Å²) in [4.78, 5) is 12.9. The predicted octanol–water partition coefficient (Wildman–Crippen LogP) is 3.95. The molecule has 0 saturated carbocycles. The second-order valence-electron chi connectivity index (χ2n) is 5.38. The fourth-order valence-electron chi connectivity index (χ4n) is 2.54. The average Bonchev–Trinajstić information content (AvgIpc) is 2.42. The molecule has 1 aromatic carbocycles. The van der Waals surface area contributed by atoms with Crippen LogP contribution in [0.4, 0.5) is 10.1 Å². The van der Waals surface area contributed by atoms with E-state index < -0.39 is 11.2 Å². The molecule has 0 atom stereocenters. The number of carbonyl (C=O) groups excluding carboxylic acids is 1. The number of hydrogen-bond donors (Lipinski definition) is 2. The molecule has 3 N–H and O–H groups in total. The number of halogens is 1. The van der Waals surface area contributed by atoms with Gasteiger partial charge in [-0.1, -0.05) is 45.0 Å². The maximum atomic E-state index is 13.8. The zero-order valence-electron chi connectivity index (χ0n) is 12.8. The first-order chi connectivity index (χ1) is 9.87. The van der Waals surface area contributed by atoms with Gasteiger partial charge < -0.3 is 11.1 Å². The first-order valence-electron chi connectivity index (χ1n) is 7.25. The molecule has 0 aliphatic carbocycles. The molecule has 0 aliphatic heterocycles. The molecule has 3 nitrogen and oxygen atoms in total. The Balaban J connectivity index is 3.11. The second-order valence-corrected chi connectivity index (χ2v) is 5.82. The summed E-state index contributed by atoms with van der Waals surface area (Å²) in [6.45, 7) is 5.79. The molecular weight excluding hydrogens is 287 g/mol. The number of hydrogen-bond acceptors (Lipinski definition) is 2. The van der Waals surface area contributed by atoms with E-state index in [0.717, 1.165) is 18.4 Å². The Labute approximate surface area is 131 Å². The van der Waals surface area contributed by atoms with E-state index in [0.29, 0.717) is 12.8 Å². The van der Waals surface area contributed by atoms with Crippen molar-refractivity contribution < 1.29 is 9.18 Å². The van der Waals surface area contributed by atoms with E-state index in [2.05, 4.69) is 5.32 Å². The highest BCUT2D eigenvalue weighted by atomic mass is 32.1. The summed E-state index contributed by atoms with van der Waals surface area (Å²) in [5.74, 6) is -0.776. The van der Waals surface area contributed by atoms with Gasteiger partial charge in [-0.15, -0.1) is 0 Å². The van der Waals surface area contributed by atoms with Crippen LogP contribution in [-0.2, 0) is 4.79 Å². The van der Waals surface area contributed by atoms with Crippen molar-refractivity contribution in [1.82, 2.24) is 0 Å². The molecule has 21 heavy (non-hydrogen) atoms. The van der Waals surface area contributed by atoms with Crippen LogP contribution in [0.1, 0.15) is 45.1 Å². The van der Waals surface area contributed by atoms with Crippen molar-refractivity contribution in [3.8, 4) is 0 Å². The van der Waals surface area contributed by atoms with E-state index >= 15 is 0 Å². The number of aryl methyl sites for hydroxylation is 1. The van der Waals surface area contributed by atoms with Crippen LogP contribution < -0.4 is 11.1 Å². The summed E-state index contributed by atoms with van der Waals surface area (Å²) in [6.07, 6.45) is 2.69. The van der Waals surface area contributed by atoms with E-state index in [4.69, 9.17) is 18.0 Å². The summed E-state index contributed by atoms with van der Waals surface area (Å²) >= 11 is 5.13. The van der Waals surface area contributed by atoms with Crippen molar-refractivity contribution in [2.24, 2.45) is 11.1 Å². The van der Waals surface area contributed by atoms with E-state index in [-0.39, 0.29) is 16.6 Å². The number of carbonyl (C=O) groups is 1. The lowest BCUT2D eigenvalue weighted by Gasteiger charge is -2.31. The molecule has 1 amide bonds. The number of thiocarbonyl (C=S) groups is 1. The lowest BCUT2D eigenvalue weighted by Crippen LogP contribution is -2.46. The third kappa shape index (κ3) is 4.00. The Kier molecular flexibility index (Phi) is 6.27. The van der Waals surface area contributed by atoms with Gasteiger partial charge in [0.05, 0.1) is 16.1 Å². The number of nitrogens with one attached hydrogen (secondary N) is 1. The van der Waals surface area contributed by atoms with Crippen molar-refractivity contribution in [3.05, 3.63) is 29.6 Å². The minimum Gasteiger partial charge on any atom is -0.392 e. The standard InChI is InChI=1S/C16H23FN2OS/c1-4-8-16(9-5-2,14(18)21)15(20)19-13-10-11(3)6-7-12(13)17/h6-7,10H,4-5,8-9H2,1-3H3,(H2,18,21)(H,19,20). The van der Waals surface area contributed by atoms with Gasteiger partial charge in [0.15, 0.2) is 0 Å². The molecule has 0 spiro atoms. The van der Waals surface area contributed by atoms with E-state index in [1.165, 1.54) is 6.07 Å². The number of amides is 1. The molecule has 5 heteroatoms. The van der Waals surface area contributed by atoms with Crippen molar-refractivity contribution in [3.63, 3.8) is 0 Å². The van der Waals surface area contributed by atoms with Crippen LogP contribution in [0, 0.1) is 18.2 Å². The summed E-state index contributed by atoms with van der Waals surface area (Å²) in [6, 6.07) is 4.60. The number of anilines is 1. The lowest BCUT2D eigenvalue weighted by molar-refractivity contribution is -0.122. The lowest BCUT2D eigenvalue weighted by atomic mass is 9.78. The smallest absolute Gasteiger partial charge is 0.237 e. The minimum absolute atomic E-state index is 0.174. The molecule has 1 rings (SSSR count). The molecule has 0 saturated heterocycles. The second kappa shape index (κ2) is 7.50. The molecular formula is C16H23FN2OS. The quantitative estimate of drug-likeness (QED) is 0.750. The van der Waals surface area contributed by atoms with E-state index in [9.17, 15) is 9.18 Å². The summed E-state index contributed by atoms with van der Waals surface area (Å²) in [5.41, 5.74) is 5.98. The first-order valence-corrected chi connectivity index (χ1v) is 7.65. The first kappa shape index (κ1) is 17.6. The van der Waals surface area contributed by atoms with Crippen molar-refractivity contribution in [1.29, 1.82) is 0 Å². The molecule has 116 valence electrons. The van der Waals surface area contributed by atoms with Crippen LogP contribution in [0.2, 0.25) is 0 Å². The normalized spacial score (nSPS) is 11.2. The van der Waals surface area contributed by atoms with Gasteiger partial charge in [-0.2, -0.15) is 0 Å². The van der Waals surface area contributed by atoms with Gasteiger partial charge in [0.25, 0.3) is 0 Å². The summed E-state index contributed by atoms with van der Waals surface area (Å²) in [7, 11) is 0.